The first kappa shape index (κ1) is 16.2. The highest BCUT2D eigenvalue weighted by Crippen LogP contribution is 2.06. The van der Waals surface area contributed by atoms with Crippen LogP contribution in [0.1, 0.15) is 31.9 Å². The van der Waals surface area contributed by atoms with Crippen LogP contribution in [0, 0.1) is 5.92 Å². The van der Waals surface area contributed by atoms with E-state index in [2.05, 4.69) is 75.0 Å². The second-order valence-corrected chi connectivity index (χ2v) is 5.70. The van der Waals surface area contributed by atoms with Crippen LogP contribution in [0.5, 0.6) is 0 Å². The SMILES string of the molecule is C=C(C)Cc1ccccc1.CC(C)Cc1ccccc1. The Morgan fingerprint density at radius 1 is 0.850 bits per heavy atom. The molecule has 0 heterocycles. The fourth-order valence-corrected chi connectivity index (χ4v) is 2.03. The smallest absolute Gasteiger partial charge is 0.00726 e. The summed E-state index contributed by atoms with van der Waals surface area (Å²) in [5.74, 6) is 0.766. The number of allylic oxidation sites excluding steroid dienone is 1. The molecule has 0 aromatic heterocycles. The molecular formula is C20H26. The minimum Gasteiger partial charge on any atom is -0.0998 e. The molecule has 2 aromatic carbocycles. The van der Waals surface area contributed by atoms with E-state index in [1.807, 2.05) is 13.0 Å². The predicted molar refractivity (Wildman–Crippen MR) is 89.9 cm³/mol. The van der Waals surface area contributed by atoms with Crippen molar-refractivity contribution in [3.8, 4) is 0 Å². The van der Waals surface area contributed by atoms with Crippen LogP contribution in [0.25, 0.3) is 0 Å². The minimum absolute atomic E-state index is 0.766. The normalized spacial score (nSPS) is 9.80. The Bertz CT molecular complexity index is 480. The molecule has 0 nitrogen and oxygen atoms in total. The standard InChI is InChI=1S/C10H14.C10H12/c2*1-9(2)8-10-6-4-3-5-7-10/h3-7,9H,8H2,1-2H3;3-7H,1,8H2,2H3. The molecule has 0 fully saturated rings. The van der Waals surface area contributed by atoms with Gasteiger partial charge in [0, 0.05) is 0 Å². The van der Waals surface area contributed by atoms with Gasteiger partial charge in [0.1, 0.15) is 0 Å². The van der Waals surface area contributed by atoms with Gasteiger partial charge in [-0.25, -0.2) is 0 Å². The van der Waals surface area contributed by atoms with Gasteiger partial charge in [-0.3, -0.25) is 0 Å². The lowest BCUT2D eigenvalue weighted by Gasteiger charge is -2.02. The average molecular weight is 266 g/mol. The van der Waals surface area contributed by atoms with E-state index < -0.39 is 0 Å². The second kappa shape index (κ2) is 9.14. The van der Waals surface area contributed by atoms with Crippen LogP contribution in [0.3, 0.4) is 0 Å². The monoisotopic (exact) mass is 266 g/mol. The second-order valence-electron chi connectivity index (χ2n) is 5.70. The number of benzene rings is 2. The first-order valence-corrected chi connectivity index (χ1v) is 7.30. The van der Waals surface area contributed by atoms with Gasteiger partial charge in [-0.05, 0) is 36.8 Å². The highest BCUT2D eigenvalue weighted by Gasteiger charge is 1.94. The Labute approximate surface area is 124 Å². The third kappa shape index (κ3) is 7.58. The van der Waals surface area contributed by atoms with Gasteiger partial charge >= 0.3 is 0 Å². The predicted octanol–water partition coefficient (Wildman–Crippen LogP) is 5.69. The summed E-state index contributed by atoms with van der Waals surface area (Å²) in [4.78, 5) is 0. The molecule has 0 N–H and O–H groups in total. The van der Waals surface area contributed by atoms with Crippen LogP contribution in [-0.4, -0.2) is 0 Å². The van der Waals surface area contributed by atoms with Gasteiger partial charge in [0.2, 0.25) is 0 Å². The summed E-state index contributed by atoms with van der Waals surface area (Å²) in [6, 6.07) is 21.0. The summed E-state index contributed by atoms with van der Waals surface area (Å²) in [6.45, 7) is 10.4. The van der Waals surface area contributed by atoms with Crippen molar-refractivity contribution in [3.05, 3.63) is 83.9 Å². The highest BCUT2D eigenvalue weighted by molar-refractivity contribution is 5.19. The molecule has 0 radical (unpaired) electrons. The topological polar surface area (TPSA) is 0 Å². The van der Waals surface area contributed by atoms with Crippen LogP contribution in [0.2, 0.25) is 0 Å². The maximum atomic E-state index is 3.85. The molecule has 2 rings (SSSR count). The quantitative estimate of drug-likeness (QED) is 0.624. The molecule has 0 aliphatic carbocycles. The zero-order valence-electron chi connectivity index (χ0n) is 13.0. The molecular weight excluding hydrogens is 240 g/mol. The van der Waals surface area contributed by atoms with Crippen LogP contribution in [0.15, 0.2) is 72.8 Å². The van der Waals surface area contributed by atoms with Gasteiger partial charge < -0.3 is 0 Å². The van der Waals surface area contributed by atoms with E-state index in [9.17, 15) is 0 Å². The molecule has 0 aliphatic rings. The molecule has 0 saturated carbocycles. The van der Waals surface area contributed by atoms with Gasteiger partial charge in [0.05, 0.1) is 0 Å². The molecule has 0 aliphatic heterocycles. The zero-order chi connectivity index (χ0) is 14.8. The Balaban J connectivity index is 0.000000200. The maximum Gasteiger partial charge on any atom is -0.00726 e. The Morgan fingerprint density at radius 3 is 1.70 bits per heavy atom. The van der Waals surface area contributed by atoms with Crippen molar-refractivity contribution in [3.63, 3.8) is 0 Å². The van der Waals surface area contributed by atoms with Gasteiger partial charge in [-0.2, -0.15) is 0 Å². The summed E-state index contributed by atoms with van der Waals surface area (Å²) in [5, 5.41) is 0. The molecule has 20 heavy (non-hydrogen) atoms. The van der Waals surface area contributed by atoms with Crippen LogP contribution >= 0.6 is 0 Å². The van der Waals surface area contributed by atoms with Crippen molar-refractivity contribution >= 4 is 0 Å². The molecule has 106 valence electrons. The maximum absolute atomic E-state index is 3.85. The van der Waals surface area contributed by atoms with Crippen molar-refractivity contribution in [2.24, 2.45) is 5.92 Å². The van der Waals surface area contributed by atoms with Crippen LogP contribution in [0.4, 0.5) is 0 Å². The van der Waals surface area contributed by atoms with Crippen molar-refractivity contribution in [1.82, 2.24) is 0 Å². The van der Waals surface area contributed by atoms with E-state index in [-0.39, 0.29) is 0 Å². The van der Waals surface area contributed by atoms with E-state index in [0.717, 1.165) is 12.3 Å². The summed E-state index contributed by atoms with van der Waals surface area (Å²) in [5.41, 5.74) is 4.00. The first-order valence-electron chi connectivity index (χ1n) is 7.30. The first-order chi connectivity index (χ1) is 9.58. The minimum atomic E-state index is 0.766. The lowest BCUT2D eigenvalue weighted by Crippen LogP contribution is -1.92. The Morgan fingerprint density at radius 2 is 1.30 bits per heavy atom. The largest absolute Gasteiger partial charge is 0.0998 e. The molecule has 0 bridgehead atoms. The van der Waals surface area contributed by atoms with Gasteiger partial charge in [0.15, 0.2) is 0 Å². The van der Waals surface area contributed by atoms with Gasteiger partial charge in [0.25, 0.3) is 0 Å². The van der Waals surface area contributed by atoms with Crippen LogP contribution < -0.4 is 0 Å². The molecule has 0 unspecified atom stereocenters. The van der Waals surface area contributed by atoms with Gasteiger partial charge in [-0.1, -0.05) is 86.7 Å². The van der Waals surface area contributed by atoms with Crippen molar-refractivity contribution in [2.75, 3.05) is 0 Å². The van der Waals surface area contributed by atoms with E-state index in [1.54, 1.807) is 0 Å². The lowest BCUT2D eigenvalue weighted by atomic mass is 10.0. The van der Waals surface area contributed by atoms with Crippen LogP contribution in [-0.2, 0) is 12.8 Å². The zero-order valence-corrected chi connectivity index (χ0v) is 13.0. The number of hydrogen-bond acceptors (Lipinski definition) is 0. The number of rotatable bonds is 4. The molecule has 0 spiro atoms. The van der Waals surface area contributed by atoms with E-state index in [4.69, 9.17) is 0 Å². The summed E-state index contributed by atoms with van der Waals surface area (Å²) < 4.78 is 0. The fraction of sp³-hybridized carbons (Fsp3) is 0.300. The molecule has 2 aromatic rings. The third-order valence-electron chi connectivity index (χ3n) is 2.84. The summed E-state index contributed by atoms with van der Waals surface area (Å²) in [7, 11) is 0. The Kier molecular flexibility index (Phi) is 7.42. The lowest BCUT2D eigenvalue weighted by molar-refractivity contribution is 0.647. The van der Waals surface area contributed by atoms with Gasteiger partial charge in [-0.15, -0.1) is 0 Å². The van der Waals surface area contributed by atoms with Crippen molar-refractivity contribution < 1.29 is 0 Å². The molecule has 0 atom stereocenters. The van der Waals surface area contributed by atoms with Crippen molar-refractivity contribution in [1.29, 1.82) is 0 Å². The van der Waals surface area contributed by atoms with E-state index in [1.165, 1.54) is 23.1 Å². The fourth-order valence-electron chi connectivity index (χ4n) is 2.03. The summed E-state index contributed by atoms with van der Waals surface area (Å²) in [6.07, 6.45) is 2.20. The molecule has 0 amide bonds. The van der Waals surface area contributed by atoms with E-state index >= 15 is 0 Å². The molecule has 0 saturated heterocycles. The number of hydrogen-bond donors (Lipinski definition) is 0. The van der Waals surface area contributed by atoms with Crippen molar-refractivity contribution in [2.45, 2.75) is 33.6 Å². The molecule has 0 heteroatoms. The average Bonchev–Trinajstić information content (AvgIpc) is 2.40. The van der Waals surface area contributed by atoms with E-state index in [0.29, 0.717) is 0 Å². The summed E-state index contributed by atoms with van der Waals surface area (Å²) >= 11 is 0. The Hall–Kier alpha value is -1.82. The highest BCUT2D eigenvalue weighted by atomic mass is 14.0. The third-order valence-corrected chi connectivity index (χ3v) is 2.84.